The molecule has 1 atom stereocenters. The van der Waals surface area contributed by atoms with Crippen molar-refractivity contribution < 1.29 is 9.53 Å². The van der Waals surface area contributed by atoms with E-state index in [2.05, 4.69) is 5.32 Å². The van der Waals surface area contributed by atoms with E-state index in [4.69, 9.17) is 10.5 Å². The Morgan fingerprint density at radius 2 is 2.44 bits per heavy atom. The van der Waals surface area contributed by atoms with Crippen molar-refractivity contribution in [1.82, 2.24) is 5.32 Å². The fraction of sp³-hybridized carbons (Fsp3) is 0.800. The predicted octanol–water partition coefficient (Wildman–Crippen LogP) is -1.29. The Bertz CT molecular complexity index is 95.0. The Hall–Kier alpha value is -0.610. The summed E-state index contributed by atoms with van der Waals surface area (Å²) in [5.41, 5.74) is 4.95. The second-order valence-corrected chi connectivity index (χ2v) is 1.70. The first kappa shape index (κ1) is 8.39. The topological polar surface area (TPSA) is 64.3 Å². The standard InChI is InChI=1S/C5H12N2O2/c1-7-4(3-9-2)5(6)8/h4,7H,3H2,1-2H3,(H2,6,8)/t4-/m1/s1. The predicted molar refractivity (Wildman–Crippen MR) is 33.9 cm³/mol. The number of nitrogens with one attached hydrogen (secondary N) is 1. The van der Waals surface area contributed by atoms with Gasteiger partial charge >= 0.3 is 0 Å². The molecular weight excluding hydrogens is 120 g/mol. The van der Waals surface area contributed by atoms with E-state index in [9.17, 15) is 4.79 Å². The number of ether oxygens (including phenoxy) is 1. The highest BCUT2D eigenvalue weighted by Crippen LogP contribution is 1.79. The van der Waals surface area contributed by atoms with Crippen LogP contribution < -0.4 is 11.1 Å². The largest absolute Gasteiger partial charge is 0.383 e. The smallest absolute Gasteiger partial charge is 0.236 e. The van der Waals surface area contributed by atoms with Gasteiger partial charge in [-0.2, -0.15) is 0 Å². The van der Waals surface area contributed by atoms with Gasteiger partial charge in [-0.05, 0) is 7.05 Å². The lowest BCUT2D eigenvalue weighted by Crippen LogP contribution is -2.42. The summed E-state index contributed by atoms with van der Waals surface area (Å²) in [5, 5.41) is 2.70. The zero-order valence-electron chi connectivity index (χ0n) is 5.68. The van der Waals surface area contributed by atoms with Crippen molar-refractivity contribution in [3.8, 4) is 0 Å². The summed E-state index contributed by atoms with van der Waals surface area (Å²) < 4.78 is 4.69. The second kappa shape index (κ2) is 4.29. The number of likely N-dealkylation sites (N-methyl/N-ethyl adjacent to an activating group) is 1. The van der Waals surface area contributed by atoms with Crippen LogP contribution in [0.5, 0.6) is 0 Å². The van der Waals surface area contributed by atoms with Crippen LogP contribution in [0, 0.1) is 0 Å². The quantitative estimate of drug-likeness (QED) is 0.500. The number of methoxy groups -OCH3 is 1. The van der Waals surface area contributed by atoms with E-state index in [1.54, 1.807) is 7.05 Å². The molecule has 0 radical (unpaired) electrons. The van der Waals surface area contributed by atoms with Gasteiger partial charge in [-0.15, -0.1) is 0 Å². The normalized spacial score (nSPS) is 13.1. The highest BCUT2D eigenvalue weighted by Gasteiger charge is 2.10. The molecule has 54 valence electrons. The molecule has 1 amide bonds. The Balaban J connectivity index is 3.54. The van der Waals surface area contributed by atoms with Crippen molar-refractivity contribution in [2.75, 3.05) is 20.8 Å². The fourth-order valence-electron chi connectivity index (χ4n) is 0.474. The fourth-order valence-corrected chi connectivity index (χ4v) is 0.474. The lowest BCUT2D eigenvalue weighted by atomic mass is 10.3. The van der Waals surface area contributed by atoms with E-state index in [1.807, 2.05) is 0 Å². The molecule has 3 N–H and O–H groups in total. The van der Waals surface area contributed by atoms with Crippen LogP contribution in [0.3, 0.4) is 0 Å². The number of nitrogens with two attached hydrogens (primary N) is 1. The molecule has 0 unspecified atom stereocenters. The molecule has 0 aromatic heterocycles. The van der Waals surface area contributed by atoms with Gasteiger partial charge < -0.3 is 15.8 Å². The Morgan fingerprint density at radius 1 is 1.89 bits per heavy atom. The monoisotopic (exact) mass is 132 g/mol. The highest BCUT2D eigenvalue weighted by molar-refractivity contribution is 5.79. The molecule has 0 spiro atoms. The molecule has 0 heterocycles. The lowest BCUT2D eigenvalue weighted by molar-refractivity contribution is -0.121. The maximum atomic E-state index is 10.4. The lowest BCUT2D eigenvalue weighted by Gasteiger charge is -2.09. The van der Waals surface area contributed by atoms with Crippen LogP contribution in [-0.4, -0.2) is 32.7 Å². The van der Waals surface area contributed by atoms with Crippen molar-refractivity contribution >= 4 is 5.91 Å². The molecule has 0 rings (SSSR count). The highest BCUT2D eigenvalue weighted by atomic mass is 16.5. The number of hydrogen-bond acceptors (Lipinski definition) is 3. The molecule has 0 bridgehead atoms. The van der Waals surface area contributed by atoms with E-state index in [1.165, 1.54) is 7.11 Å². The van der Waals surface area contributed by atoms with Crippen LogP contribution in [0.15, 0.2) is 0 Å². The number of hydrogen-bond donors (Lipinski definition) is 2. The maximum absolute atomic E-state index is 10.4. The molecule has 0 aromatic carbocycles. The molecular formula is C5H12N2O2. The van der Waals surface area contributed by atoms with Gasteiger partial charge in [0, 0.05) is 7.11 Å². The van der Waals surface area contributed by atoms with Crippen molar-refractivity contribution in [3.05, 3.63) is 0 Å². The maximum Gasteiger partial charge on any atom is 0.236 e. The Kier molecular flexibility index (Phi) is 4.00. The van der Waals surface area contributed by atoms with Crippen molar-refractivity contribution in [3.63, 3.8) is 0 Å². The Morgan fingerprint density at radius 3 is 2.56 bits per heavy atom. The summed E-state index contributed by atoms with van der Waals surface area (Å²) in [5.74, 6) is -0.389. The van der Waals surface area contributed by atoms with E-state index < -0.39 is 0 Å². The van der Waals surface area contributed by atoms with E-state index in [-0.39, 0.29) is 11.9 Å². The molecule has 9 heavy (non-hydrogen) atoms. The minimum absolute atomic E-state index is 0.325. The van der Waals surface area contributed by atoms with Gasteiger partial charge in [0.25, 0.3) is 0 Å². The number of carbonyl (C=O) groups excluding carboxylic acids is 1. The third kappa shape index (κ3) is 3.05. The second-order valence-electron chi connectivity index (χ2n) is 1.70. The van der Waals surface area contributed by atoms with Crippen LogP contribution in [0.1, 0.15) is 0 Å². The zero-order chi connectivity index (χ0) is 7.28. The van der Waals surface area contributed by atoms with E-state index >= 15 is 0 Å². The minimum atomic E-state index is -0.389. The molecule has 0 aliphatic rings. The van der Waals surface area contributed by atoms with Gasteiger partial charge in [-0.3, -0.25) is 4.79 Å². The summed E-state index contributed by atoms with van der Waals surface area (Å²) >= 11 is 0. The van der Waals surface area contributed by atoms with Gasteiger partial charge in [0.2, 0.25) is 5.91 Å². The minimum Gasteiger partial charge on any atom is -0.383 e. The third-order valence-electron chi connectivity index (χ3n) is 1.03. The molecule has 0 saturated heterocycles. The van der Waals surface area contributed by atoms with Gasteiger partial charge in [-0.25, -0.2) is 0 Å². The van der Waals surface area contributed by atoms with Gasteiger partial charge in [0.15, 0.2) is 0 Å². The molecule has 0 aromatic rings. The number of carbonyl (C=O) groups is 1. The van der Waals surface area contributed by atoms with Crippen LogP contribution >= 0.6 is 0 Å². The van der Waals surface area contributed by atoms with Gasteiger partial charge in [0.05, 0.1) is 6.61 Å². The molecule has 0 saturated carbocycles. The van der Waals surface area contributed by atoms with Crippen LogP contribution in [0.4, 0.5) is 0 Å². The van der Waals surface area contributed by atoms with E-state index in [0.29, 0.717) is 6.61 Å². The Labute approximate surface area is 54.4 Å². The SMILES string of the molecule is CN[C@H](COC)C(N)=O. The van der Waals surface area contributed by atoms with Crippen LogP contribution in [0.25, 0.3) is 0 Å². The molecule has 0 fully saturated rings. The number of rotatable bonds is 4. The van der Waals surface area contributed by atoms with Crippen LogP contribution in [-0.2, 0) is 9.53 Å². The summed E-state index contributed by atoms with van der Waals surface area (Å²) in [7, 11) is 3.18. The van der Waals surface area contributed by atoms with Crippen molar-refractivity contribution in [2.24, 2.45) is 5.73 Å². The molecule has 4 heteroatoms. The van der Waals surface area contributed by atoms with Crippen molar-refractivity contribution in [2.45, 2.75) is 6.04 Å². The van der Waals surface area contributed by atoms with Gasteiger partial charge in [0.1, 0.15) is 6.04 Å². The summed E-state index contributed by atoms with van der Waals surface area (Å²) in [6.45, 7) is 0.325. The van der Waals surface area contributed by atoms with Gasteiger partial charge in [-0.1, -0.05) is 0 Å². The molecule has 0 aliphatic carbocycles. The number of primary amides is 1. The first-order valence-corrected chi connectivity index (χ1v) is 2.68. The van der Waals surface area contributed by atoms with Crippen LogP contribution in [0.2, 0.25) is 0 Å². The van der Waals surface area contributed by atoms with E-state index in [0.717, 1.165) is 0 Å². The molecule has 0 aliphatic heterocycles. The summed E-state index contributed by atoms with van der Waals surface area (Å²) in [6, 6.07) is -0.366. The average Bonchev–Trinajstić information content (AvgIpc) is 1.82. The summed E-state index contributed by atoms with van der Waals surface area (Å²) in [6.07, 6.45) is 0. The first-order chi connectivity index (χ1) is 4.22. The first-order valence-electron chi connectivity index (χ1n) is 2.68. The number of amides is 1. The zero-order valence-corrected chi connectivity index (χ0v) is 5.68. The summed E-state index contributed by atoms with van der Waals surface area (Å²) in [4.78, 5) is 10.4. The third-order valence-corrected chi connectivity index (χ3v) is 1.03. The van der Waals surface area contributed by atoms with Crippen molar-refractivity contribution in [1.29, 1.82) is 0 Å². The molecule has 4 nitrogen and oxygen atoms in total. The average molecular weight is 132 g/mol.